The number of carbonyl (C=O) groups is 1. The number of rotatable bonds is 3. The maximum absolute atomic E-state index is 13.2. The molecule has 0 unspecified atom stereocenters. The summed E-state index contributed by atoms with van der Waals surface area (Å²) in [7, 11) is 1.59. The highest BCUT2D eigenvalue weighted by molar-refractivity contribution is 6.28. The van der Waals surface area contributed by atoms with Gasteiger partial charge in [-0.25, -0.2) is 4.98 Å². The van der Waals surface area contributed by atoms with Gasteiger partial charge in [0.25, 0.3) is 0 Å². The number of carbonyl (C=O) groups excluding carboxylic acids is 1. The van der Waals surface area contributed by atoms with Crippen molar-refractivity contribution in [3.63, 3.8) is 0 Å². The fraction of sp³-hybridized carbons (Fsp3) is 0.100. The van der Waals surface area contributed by atoms with Gasteiger partial charge in [0.2, 0.25) is 5.78 Å². The Kier molecular flexibility index (Phi) is 3.20. The lowest BCUT2D eigenvalue weighted by molar-refractivity contribution is 0.103. The highest BCUT2D eigenvalue weighted by Crippen LogP contribution is 2.40. The molecule has 0 spiro atoms. The Balaban J connectivity index is 1.92. The summed E-state index contributed by atoms with van der Waals surface area (Å²) in [4.78, 5) is 26.9. The topological polar surface area (TPSA) is 77.0 Å². The van der Waals surface area contributed by atoms with Gasteiger partial charge in [-0.05, 0) is 23.6 Å². The first-order chi connectivity index (χ1) is 12.8. The van der Waals surface area contributed by atoms with E-state index in [1.807, 2.05) is 30.3 Å². The second-order valence-corrected chi connectivity index (χ2v) is 6.08. The van der Waals surface area contributed by atoms with Crippen LogP contribution in [0.25, 0.3) is 33.1 Å². The molecule has 3 heterocycles. The van der Waals surface area contributed by atoms with E-state index in [1.54, 1.807) is 25.6 Å². The molecule has 0 saturated heterocycles. The fourth-order valence-electron chi connectivity index (χ4n) is 3.53. The van der Waals surface area contributed by atoms with Crippen molar-refractivity contribution in [2.45, 2.75) is 0 Å². The highest BCUT2D eigenvalue weighted by Gasteiger charge is 2.31. The predicted octanol–water partition coefficient (Wildman–Crippen LogP) is 3.41. The van der Waals surface area contributed by atoms with Gasteiger partial charge in [0.15, 0.2) is 0 Å². The largest absolute Gasteiger partial charge is 0.365 e. The summed E-state index contributed by atoms with van der Waals surface area (Å²) in [5.41, 5.74) is 3.70. The molecule has 0 radical (unpaired) electrons. The molecule has 1 aliphatic rings. The van der Waals surface area contributed by atoms with Crippen LogP contribution in [0.1, 0.15) is 16.1 Å². The zero-order valence-corrected chi connectivity index (χ0v) is 14.0. The summed E-state index contributed by atoms with van der Waals surface area (Å²) in [6.45, 7) is 0.291. The predicted molar refractivity (Wildman–Crippen MR) is 99.2 cm³/mol. The van der Waals surface area contributed by atoms with Gasteiger partial charge in [-0.2, -0.15) is 0 Å². The van der Waals surface area contributed by atoms with Gasteiger partial charge in [0, 0.05) is 30.3 Å². The molecule has 3 aromatic heterocycles. The number of hydrogen-bond acceptors (Lipinski definition) is 6. The molecule has 1 N–H and O–H groups in total. The van der Waals surface area contributed by atoms with Crippen LogP contribution in [0.15, 0.2) is 48.8 Å². The lowest BCUT2D eigenvalue weighted by Crippen LogP contribution is -2.17. The van der Waals surface area contributed by atoms with E-state index in [-0.39, 0.29) is 5.78 Å². The van der Waals surface area contributed by atoms with Crippen LogP contribution in [0.5, 0.6) is 0 Å². The number of hydrogen-bond donors (Lipinski definition) is 1. The third-order valence-electron chi connectivity index (χ3n) is 4.64. The molecular weight excluding hydrogens is 328 g/mol. The van der Waals surface area contributed by atoms with Crippen molar-refractivity contribution in [2.75, 3.05) is 19.2 Å². The van der Waals surface area contributed by atoms with Crippen molar-refractivity contribution in [3.05, 3.63) is 60.0 Å². The summed E-state index contributed by atoms with van der Waals surface area (Å²) in [6, 6.07) is 11.6. The average Bonchev–Trinajstić information content (AvgIpc) is 2.69. The smallest absolute Gasteiger partial charge is 0.216 e. The first kappa shape index (κ1) is 14.9. The van der Waals surface area contributed by atoms with Gasteiger partial charge in [-0.1, -0.05) is 18.2 Å². The van der Waals surface area contributed by atoms with Crippen molar-refractivity contribution in [2.24, 2.45) is 0 Å². The molecular formula is C20H14N4O2. The van der Waals surface area contributed by atoms with E-state index >= 15 is 0 Å². The first-order valence-corrected chi connectivity index (χ1v) is 8.24. The number of para-hydroxylation sites is 1. The van der Waals surface area contributed by atoms with Crippen LogP contribution in [0.3, 0.4) is 0 Å². The molecule has 1 aromatic carbocycles. The Labute approximate surface area is 148 Å². The quantitative estimate of drug-likeness (QED) is 0.400. The minimum absolute atomic E-state index is 0.151. The van der Waals surface area contributed by atoms with Crippen molar-refractivity contribution < 1.29 is 9.53 Å². The van der Waals surface area contributed by atoms with Gasteiger partial charge in [-0.15, -0.1) is 0 Å². The second-order valence-electron chi connectivity index (χ2n) is 6.08. The number of anilines is 1. The molecule has 1 aliphatic carbocycles. The zero-order chi connectivity index (χ0) is 17.7. The molecule has 0 amide bonds. The van der Waals surface area contributed by atoms with E-state index in [0.29, 0.717) is 35.1 Å². The summed E-state index contributed by atoms with van der Waals surface area (Å²) in [5.74, 6) is -0.151. The monoisotopic (exact) mass is 342 g/mol. The van der Waals surface area contributed by atoms with Crippen molar-refractivity contribution >= 4 is 33.1 Å². The minimum Gasteiger partial charge on any atom is -0.365 e. The fourth-order valence-corrected chi connectivity index (χ4v) is 3.53. The Morgan fingerprint density at radius 3 is 2.65 bits per heavy atom. The average molecular weight is 342 g/mol. The summed E-state index contributed by atoms with van der Waals surface area (Å²) >= 11 is 0. The number of pyridine rings is 3. The highest BCUT2D eigenvalue weighted by atomic mass is 16.5. The van der Waals surface area contributed by atoms with Gasteiger partial charge in [-0.3, -0.25) is 14.8 Å². The molecule has 0 saturated carbocycles. The molecule has 5 rings (SSSR count). The van der Waals surface area contributed by atoms with Crippen LogP contribution < -0.4 is 5.32 Å². The van der Waals surface area contributed by atoms with Gasteiger partial charge >= 0.3 is 0 Å². The number of benzene rings is 1. The summed E-state index contributed by atoms with van der Waals surface area (Å²) in [6.07, 6.45) is 3.35. The van der Waals surface area contributed by atoms with E-state index in [0.717, 1.165) is 21.7 Å². The van der Waals surface area contributed by atoms with Crippen LogP contribution in [-0.4, -0.2) is 34.6 Å². The van der Waals surface area contributed by atoms with Crippen LogP contribution in [0.4, 0.5) is 5.69 Å². The Hall–Kier alpha value is -3.38. The molecule has 26 heavy (non-hydrogen) atoms. The Morgan fingerprint density at radius 1 is 0.962 bits per heavy atom. The van der Waals surface area contributed by atoms with Gasteiger partial charge in [0.1, 0.15) is 23.8 Å². The minimum atomic E-state index is -0.151. The molecule has 0 bridgehead atoms. The van der Waals surface area contributed by atoms with Crippen molar-refractivity contribution in [1.82, 2.24) is 15.0 Å². The number of aromatic nitrogens is 3. The van der Waals surface area contributed by atoms with Crippen molar-refractivity contribution in [1.29, 1.82) is 0 Å². The number of nitrogens with zero attached hydrogens (tertiary/aromatic N) is 3. The Morgan fingerprint density at radius 2 is 1.77 bits per heavy atom. The number of ether oxygens (including phenoxy) is 1. The van der Waals surface area contributed by atoms with Gasteiger partial charge in [0.05, 0.1) is 16.8 Å². The molecule has 0 aliphatic heterocycles. The van der Waals surface area contributed by atoms with Crippen LogP contribution >= 0.6 is 0 Å². The van der Waals surface area contributed by atoms with E-state index in [4.69, 9.17) is 9.72 Å². The SMILES string of the molecule is COCNc1ccnc2c1C(=O)c1nccc3c1c-2nc1ccccc13. The normalized spacial score (nSPS) is 12.4. The van der Waals surface area contributed by atoms with E-state index in [1.165, 1.54) is 0 Å². The molecule has 126 valence electrons. The molecule has 4 aromatic rings. The lowest BCUT2D eigenvalue weighted by atomic mass is 9.89. The number of fused-ring (bicyclic) bond motifs is 4. The summed E-state index contributed by atoms with van der Waals surface area (Å²) in [5, 5.41) is 5.84. The lowest BCUT2D eigenvalue weighted by Gasteiger charge is -2.21. The van der Waals surface area contributed by atoms with E-state index in [9.17, 15) is 4.79 Å². The van der Waals surface area contributed by atoms with Gasteiger partial charge < -0.3 is 10.1 Å². The molecule has 6 nitrogen and oxygen atoms in total. The van der Waals surface area contributed by atoms with E-state index in [2.05, 4.69) is 15.3 Å². The third-order valence-corrected chi connectivity index (χ3v) is 4.64. The number of methoxy groups -OCH3 is 1. The summed E-state index contributed by atoms with van der Waals surface area (Å²) < 4.78 is 5.08. The zero-order valence-electron chi connectivity index (χ0n) is 14.0. The molecule has 6 heteroatoms. The first-order valence-electron chi connectivity index (χ1n) is 8.24. The van der Waals surface area contributed by atoms with Crippen LogP contribution in [0, 0.1) is 0 Å². The van der Waals surface area contributed by atoms with Crippen molar-refractivity contribution in [3.8, 4) is 11.4 Å². The number of ketones is 1. The Bertz CT molecular complexity index is 1200. The molecule has 0 fully saturated rings. The van der Waals surface area contributed by atoms with Crippen LogP contribution in [0.2, 0.25) is 0 Å². The third kappa shape index (κ3) is 1.96. The maximum Gasteiger partial charge on any atom is 0.216 e. The van der Waals surface area contributed by atoms with E-state index < -0.39 is 0 Å². The number of nitrogens with one attached hydrogen (secondary N) is 1. The standard InChI is InChI=1S/C20H14N4O2/c1-26-10-23-14-7-9-21-17-16(14)20(25)19-15-12(6-8-22-19)11-4-2-3-5-13(11)24-18(15)17/h2-9H,10H2,1H3,(H,21,23). The maximum atomic E-state index is 13.2. The second kappa shape index (κ2) is 5.57. The van der Waals surface area contributed by atoms with Crippen LogP contribution in [-0.2, 0) is 4.74 Å². The molecule has 0 atom stereocenters.